The molecule has 110 valence electrons. The van der Waals surface area contributed by atoms with Crippen molar-refractivity contribution in [1.82, 2.24) is 4.98 Å². The van der Waals surface area contributed by atoms with Crippen LogP contribution in [0.2, 0.25) is 5.15 Å². The third-order valence-electron chi connectivity index (χ3n) is 2.42. The molecule has 0 aliphatic rings. The van der Waals surface area contributed by atoms with Crippen LogP contribution in [0.4, 0.5) is 10.2 Å². The van der Waals surface area contributed by atoms with Crippen LogP contribution in [0.15, 0.2) is 41.3 Å². The van der Waals surface area contributed by atoms with Crippen LogP contribution in [-0.2, 0) is 10.0 Å². The Kier molecular flexibility index (Phi) is 4.10. The number of pyridine rings is 1. The Bertz CT molecular complexity index is 811. The SMILES string of the molecule is O=C(O)c1ccc(F)c(S(=O)(=O)Nc2cccc(Cl)n2)c1. The van der Waals surface area contributed by atoms with E-state index in [9.17, 15) is 17.6 Å². The van der Waals surface area contributed by atoms with Crippen LogP contribution >= 0.6 is 11.6 Å². The number of rotatable bonds is 4. The van der Waals surface area contributed by atoms with Crippen molar-refractivity contribution in [2.24, 2.45) is 0 Å². The van der Waals surface area contributed by atoms with E-state index in [1.54, 1.807) is 0 Å². The normalized spacial score (nSPS) is 11.1. The first-order valence-electron chi connectivity index (χ1n) is 5.48. The summed E-state index contributed by atoms with van der Waals surface area (Å²) in [7, 11) is -4.33. The lowest BCUT2D eigenvalue weighted by Gasteiger charge is -2.09. The Labute approximate surface area is 124 Å². The molecule has 0 saturated heterocycles. The molecule has 0 fully saturated rings. The number of aromatic carboxylic acids is 1. The monoisotopic (exact) mass is 330 g/mol. The summed E-state index contributed by atoms with van der Waals surface area (Å²) in [4.78, 5) is 13.7. The number of carboxylic acid groups (broad SMARTS) is 1. The molecule has 21 heavy (non-hydrogen) atoms. The van der Waals surface area contributed by atoms with Crippen LogP contribution in [0.3, 0.4) is 0 Å². The average molecular weight is 331 g/mol. The predicted molar refractivity (Wildman–Crippen MR) is 73.4 cm³/mol. The minimum absolute atomic E-state index is 0.0509. The third-order valence-corrected chi connectivity index (χ3v) is 4.00. The number of hydrogen-bond donors (Lipinski definition) is 2. The van der Waals surface area contributed by atoms with Crippen molar-refractivity contribution in [2.75, 3.05) is 4.72 Å². The highest BCUT2D eigenvalue weighted by Gasteiger charge is 2.21. The molecule has 0 aliphatic carbocycles. The van der Waals surface area contributed by atoms with Crippen molar-refractivity contribution in [3.05, 3.63) is 52.9 Å². The van der Waals surface area contributed by atoms with Gasteiger partial charge in [0, 0.05) is 0 Å². The number of carboxylic acids is 1. The van der Waals surface area contributed by atoms with E-state index in [1.165, 1.54) is 18.2 Å². The van der Waals surface area contributed by atoms with Crippen LogP contribution in [-0.4, -0.2) is 24.5 Å². The molecule has 0 amide bonds. The summed E-state index contributed by atoms with van der Waals surface area (Å²) in [6.07, 6.45) is 0. The first-order chi connectivity index (χ1) is 9.79. The molecule has 0 aliphatic heterocycles. The molecular weight excluding hydrogens is 323 g/mol. The first kappa shape index (κ1) is 15.2. The summed E-state index contributed by atoms with van der Waals surface area (Å²) in [6, 6.07) is 6.67. The maximum absolute atomic E-state index is 13.7. The van der Waals surface area contributed by atoms with Crippen molar-refractivity contribution < 1.29 is 22.7 Å². The fourth-order valence-corrected chi connectivity index (χ4v) is 2.77. The number of benzene rings is 1. The van der Waals surface area contributed by atoms with Crippen molar-refractivity contribution in [2.45, 2.75) is 4.90 Å². The van der Waals surface area contributed by atoms with Crippen molar-refractivity contribution in [1.29, 1.82) is 0 Å². The summed E-state index contributed by atoms with van der Waals surface area (Å²) in [5, 5.41) is 8.88. The predicted octanol–water partition coefficient (Wildman–Crippen LogP) is 2.37. The lowest BCUT2D eigenvalue weighted by molar-refractivity contribution is 0.0696. The van der Waals surface area contributed by atoms with E-state index < -0.39 is 26.7 Å². The molecule has 1 aromatic carbocycles. The van der Waals surface area contributed by atoms with E-state index >= 15 is 0 Å². The van der Waals surface area contributed by atoms with Gasteiger partial charge in [0.1, 0.15) is 21.7 Å². The molecule has 0 spiro atoms. The summed E-state index contributed by atoms with van der Waals surface area (Å²) >= 11 is 5.62. The fraction of sp³-hybridized carbons (Fsp3) is 0. The van der Waals surface area contributed by atoms with Crippen LogP contribution in [0.5, 0.6) is 0 Å². The second kappa shape index (κ2) is 5.66. The number of carbonyl (C=O) groups is 1. The van der Waals surface area contributed by atoms with Crippen molar-refractivity contribution >= 4 is 33.4 Å². The molecule has 0 unspecified atom stereocenters. The number of halogens is 2. The van der Waals surface area contributed by atoms with Gasteiger partial charge in [-0.25, -0.2) is 22.6 Å². The van der Waals surface area contributed by atoms with Gasteiger partial charge in [-0.3, -0.25) is 4.72 Å². The summed E-state index contributed by atoms with van der Waals surface area (Å²) in [5.74, 6) is -2.55. The van der Waals surface area contributed by atoms with Gasteiger partial charge in [0.15, 0.2) is 0 Å². The number of aromatic nitrogens is 1. The Hall–Kier alpha value is -2.19. The summed E-state index contributed by atoms with van der Waals surface area (Å²) in [5.41, 5.74) is -0.351. The van der Waals surface area contributed by atoms with Crippen LogP contribution in [0.1, 0.15) is 10.4 Å². The van der Waals surface area contributed by atoms with Gasteiger partial charge in [-0.15, -0.1) is 0 Å². The quantitative estimate of drug-likeness (QED) is 0.839. The van der Waals surface area contributed by atoms with Crippen molar-refractivity contribution in [3.8, 4) is 0 Å². The Balaban J connectivity index is 2.44. The minimum atomic E-state index is -4.33. The van der Waals surface area contributed by atoms with Gasteiger partial charge < -0.3 is 5.11 Å². The maximum Gasteiger partial charge on any atom is 0.335 e. The van der Waals surface area contributed by atoms with E-state index in [0.29, 0.717) is 0 Å². The highest BCUT2D eigenvalue weighted by Crippen LogP contribution is 2.20. The molecule has 2 aromatic rings. The van der Waals surface area contributed by atoms with Gasteiger partial charge >= 0.3 is 5.97 Å². The van der Waals surface area contributed by atoms with Gasteiger partial charge in [-0.05, 0) is 30.3 Å². The first-order valence-corrected chi connectivity index (χ1v) is 7.34. The second-order valence-corrected chi connectivity index (χ2v) is 5.94. The van der Waals surface area contributed by atoms with E-state index in [1.807, 2.05) is 4.72 Å². The number of sulfonamides is 1. The van der Waals surface area contributed by atoms with E-state index in [4.69, 9.17) is 16.7 Å². The van der Waals surface area contributed by atoms with Crippen LogP contribution in [0, 0.1) is 5.82 Å². The fourth-order valence-electron chi connectivity index (χ4n) is 1.50. The largest absolute Gasteiger partial charge is 0.478 e. The number of anilines is 1. The Morgan fingerprint density at radius 1 is 1.29 bits per heavy atom. The third kappa shape index (κ3) is 3.47. The lowest BCUT2D eigenvalue weighted by atomic mass is 10.2. The number of nitrogens with one attached hydrogen (secondary N) is 1. The van der Waals surface area contributed by atoms with E-state index in [-0.39, 0.29) is 16.5 Å². The smallest absolute Gasteiger partial charge is 0.335 e. The maximum atomic E-state index is 13.7. The average Bonchev–Trinajstić information content (AvgIpc) is 2.38. The molecule has 2 N–H and O–H groups in total. The molecule has 0 radical (unpaired) electrons. The van der Waals surface area contributed by atoms with Gasteiger partial charge in [0.05, 0.1) is 5.56 Å². The number of nitrogens with zero attached hydrogens (tertiary/aromatic N) is 1. The zero-order valence-corrected chi connectivity index (χ0v) is 11.8. The highest BCUT2D eigenvalue weighted by atomic mass is 35.5. The van der Waals surface area contributed by atoms with Gasteiger partial charge in [0.2, 0.25) is 0 Å². The van der Waals surface area contributed by atoms with E-state index in [0.717, 1.165) is 18.2 Å². The number of hydrogen-bond acceptors (Lipinski definition) is 4. The molecule has 2 rings (SSSR count). The van der Waals surface area contributed by atoms with Gasteiger partial charge in [0.25, 0.3) is 10.0 Å². The standard InChI is InChI=1S/C12H8ClFN2O4S/c13-10-2-1-3-11(15-10)16-21(19,20)9-6-7(12(17)18)4-5-8(9)14/h1-6H,(H,15,16)(H,17,18). The zero-order chi connectivity index (χ0) is 15.6. The minimum Gasteiger partial charge on any atom is -0.478 e. The van der Waals surface area contributed by atoms with E-state index in [2.05, 4.69) is 4.98 Å². The summed E-state index contributed by atoms with van der Waals surface area (Å²) in [6.45, 7) is 0. The molecule has 0 saturated carbocycles. The lowest BCUT2D eigenvalue weighted by Crippen LogP contribution is -2.16. The van der Waals surface area contributed by atoms with Gasteiger partial charge in [-0.2, -0.15) is 0 Å². The van der Waals surface area contributed by atoms with Crippen LogP contribution in [0.25, 0.3) is 0 Å². The van der Waals surface area contributed by atoms with Crippen molar-refractivity contribution in [3.63, 3.8) is 0 Å². The topological polar surface area (TPSA) is 96.4 Å². The molecule has 9 heteroatoms. The molecule has 0 bridgehead atoms. The van der Waals surface area contributed by atoms with Gasteiger partial charge in [-0.1, -0.05) is 17.7 Å². The molecule has 0 atom stereocenters. The Morgan fingerprint density at radius 2 is 2.00 bits per heavy atom. The second-order valence-electron chi connectivity index (χ2n) is 3.90. The zero-order valence-electron chi connectivity index (χ0n) is 10.2. The molecule has 1 heterocycles. The molecule has 6 nitrogen and oxygen atoms in total. The molecular formula is C12H8ClFN2O4S. The molecule has 1 aromatic heterocycles. The highest BCUT2D eigenvalue weighted by molar-refractivity contribution is 7.92. The van der Waals surface area contributed by atoms with Crippen LogP contribution < -0.4 is 4.72 Å². The Morgan fingerprint density at radius 3 is 2.62 bits per heavy atom. The summed E-state index contributed by atoms with van der Waals surface area (Å²) < 4.78 is 39.8.